The number of hydrogen-bond donors (Lipinski definition) is 1. The van der Waals surface area contributed by atoms with Gasteiger partial charge < -0.3 is 14.6 Å². The maximum atomic E-state index is 10.6. The van der Waals surface area contributed by atoms with Crippen LogP contribution in [-0.4, -0.2) is 31.1 Å². The second-order valence-electron chi connectivity index (χ2n) is 3.65. The molecular weight excluding hydrogens is 236 g/mol. The average Bonchev–Trinajstić information content (AvgIpc) is 2.35. The number of aldehydes is 1. The number of carbonyl (C=O) groups is 2. The van der Waals surface area contributed by atoms with Crippen molar-refractivity contribution in [3.05, 3.63) is 35.4 Å². The first-order chi connectivity index (χ1) is 8.56. The Kier molecular flexibility index (Phi) is 4.92. The van der Waals surface area contributed by atoms with Gasteiger partial charge in [0.2, 0.25) is 0 Å². The van der Waals surface area contributed by atoms with E-state index in [2.05, 4.69) is 0 Å². The fraction of sp³-hybridized carbons (Fsp3) is 0.231. The van der Waals surface area contributed by atoms with Crippen molar-refractivity contribution in [1.82, 2.24) is 0 Å². The number of aliphatic carboxylic acids is 1. The lowest BCUT2D eigenvalue weighted by atomic mass is 10.2. The number of carboxylic acid groups (broad SMARTS) is 1. The number of methoxy groups -OCH3 is 1. The molecule has 0 aliphatic carbocycles. The van der Waals surface area contributed by atoms with Gasteiger partial charge in [0.15, 0.2) is 11.5 Å². The monoisotopic (exact) mass is 250 g/mol. The number of ether oxygens (including phenoxy) is 2. The average molecular weight is 250 g/mol. The third-order valence-corrected chi connectivity index (χ3v) is 2.15. The van der Waals surface area contributed by atoms with Crippen LogP contribution < -0.4 is 9.47 Å². The number of benzene rings is 1. The lowest BCUT2D eigenvalue weighted by Gasteiger charge is -2.10. The first-order valence-corrected chi connectivity index (χ1v) is 5.23. The van der Waals surface area contributed by atoms with E-state index < -0.39 is 5.97 Å². The van der Waals surface area contributed by atoms with E-state index in [4.69, 9.17) is 14.6 Å². The van der Waals surface area contributed by atoms with Gasteiger partial charge in [-0.25, -0.2) is 4.79 Å². The van der Waals surface area contributed by atoms with E-state index in [0.717, 1.165) is 6.08 Å². The Morgan fingerprint density at radius 3 is 2.67 bits per heavy atom. The van der Waals surface area contributed by atoms with Crippen LogP contribution in [0.2, 0.25) is 0 Å². The van der Waals surface area contributed by atoms with Crippen LogP contribution in [0.3, 0.4) is 0 Å². The summed E-state index contributed by atoms with van der Waals surface area (Å²) in [7, 11) is 1.47. The summed E-state index contributed by atoms with van der Waals surface area (Å²) in [5.74, 6) is -0.122. The second kappa shape index (κ2) is 6.44. The van der Waals surface area contributed by atoms with Crippen LogP contribution in [0.4, 0.5) is 0 Å². The van der Waals surface area contributed by atoms with Crippen LogP contribution in [0.25, 0.3) is 0 Å². The predicted molar refractivity (Wildman–Crippen MR) is 65.3 cm³/mol. The molecule has 1 rings (SSSR count). The minimum atomic E-state index is -1.01. The number of carbonyl (C=O) groups excluding carboxylic acids is 1. The standard InChI is InChI=1S/C13H14O5/c1-9(5-13(15)16)8-18-11-4-3-10(7-14)6-12(11)17-2/h3-7H,8H2,1-2H3,(H,15,16)/b9-5+. The zero-order chi connectivity index (χ0) is 13.5. The summed E-state index contributed by atoms with van der Waals surface area (Å²) in [6, 6.07) is 4.76. The van der Waals surface area contributed by atoms with Crippen molar-refractivity contribution < 1.29 is 24.2 Å². The first kappa shape index (κ1) is 13.8. The zero-order valence-corrected chi connectivity index (χ0v) is 10.2. The first-order valence-electron chi connectivity index (χ1n) is 5.23. The Balaban J connectivity index is 2.78. The van der Waals surface area contributed by atoms with Crippen molar-refractivity contribution in [3.8, 4) is 11.5 Å². The molecule has 1 aromatic rings. The van der Waals surface area contributed by atoms with E-state index in [1.807, 2.05) is 0 Å². The molecule has 96 valence electrons. The zero-order valence-electron chi connectivity index (χ0n) is 10.2. The van der Waals surface area contributed by atoms with Gasteiger partial charge in [0, 0.05) is 11.6 Å². The van der Waals surface area contributed by atoms with Crippen molar-refractivity contribution >= 4 is 12.3 Å². The van der Waals surface area contributed by atoms with Gasteiger partial charge in [0.05, 0.1) is 7.11 Å². The highest BCUT2D eigenvalue weighted by molar-refractivity contribution is 5.80. The van der Waals surface area contributed by atoms with Gasteiger partial charge in [-0.05, 0) is 30.7 Å². The van der Waals surface area contributed by atoms with Crippen LogP contribution in [0.5, 0.6) is 11.5 Å². The van der Waals surface area contributed by atoms with Gasteiger partial charge >= 0.3 is 5.97 Å². The largest absolute Gasteiger partial charge is 0.493 e. The molecule has 0 saturated carbocycles. The maximum Gasteiger partial charge on any atom is 0.328 e. The summed E-state index contributed by atoms with van der Waals surface area (Å²) in [5, 5.41) is 8.55. The van der Waals surface area contributed by atoms with Gasteiger partial charge in [0.1, 0.15) is 12.9 Å². The van der Waals surface area contributed by atoms with E-state index >= 15 is 0 Å². The third-order valence-electron chi connectivity index (χ3n) is 2.15. The van der Waals surface area contributed by atoms with Gasteiger partial charge in [-0.2, -0.15) is 0 Å². The molecule has 0 radical (unpaired) electrons. The van der Waals surface area contributed by atoms with Crippen LogP contribution in [0.1, 0.15) is 17.3 Å². The molecule has 0 aliphatic heterocycles. The highest BCUT2D eigenvalue weighted by Gasteiger charge is 2.06. The molecule has 0 fully saturated rings. The SMILES string of the molecule is COc1cc(C=O)ccc1OC/C(C)=C/C(=O)O. The highest BCUT2D eigenvalue weighted by Crippen LogP contribution is 2.27. The molecular formula is C13H14O5. The van der Waals surface area contributed by atoms with Crippen molar-refractivity contribution in [1.29, 1.82) is 0 Å². The van der Waals surface area contributed by atoms with Crippen molar-refractivity contribution in [2.75, 3.05) is 13.7 Å². The Bertz CT molecular complexity index is 476. The van der Waals surface area contributed by atoms with Gasteiger partial charge in [-0.1, -0.05) is 0 Å². The maximum absolute atomic E-state index is 10.6. The quantitative estimate of drug-likeness (QED) is 0.616. The van der Waals surface area contributed by atoms with Gasteiger partial charge in [0.25, 0.3) is 0 Å². The molecule has 5 nitrogen and oxygen atoms in total. The van der Waals surface area contributed by atoms with E-state index in [1.165, 1.54) is 7.11 Å². The summed E-state index contributed by atoms with van der Waals surface area (Å²) in [6.07, 6.45) is 1.79. The third kappa shape index (κ3) is 3.93. The summed E-state index contributed by atoms with van der Waals surface area (Å²) >= 11 is 0. The molecule has 0 aromatic heterocycles. The molecule has 0 atom stereocenters. The fourth-order valence-electron chi connectivity index (χ4n) is 1.32. The van der Waals surface area contributed by atoms with E-state index in [0.29, 0.717) is 28.9 Å². The summed E-state index contributed by atoms with van der Waals surface area (Å²) in [4.78, 5) is 21.0. The topological polar surface area (TPSA) is 72.8 Å². The van der Waals surface area contributed by atoms with E-state index in [9.17, 15) is 9.59 Å². The van der Waals surface area contributed by atoms with Crippen molar-refractivity contribution in [2.45, 2.75) is 6.92 Å². The fourth-order valence-corrected chi connectivity index (χ4v) is 1.32. The predicted octanol–water partition coefficient (Wildman–Crippen LogP) is 1.92. The Hall–Kier alpha value is -2.30. The molecule has 1 aromatic carbocycles. The molecule has 0 spiro atoms. The normalized spacial score (nSPS) is 10.9. The van der Waals surface area contributed by atoms with Gasteiger partial charge in [-0.15, -0.1) is 0 Å². The lowest BCUT2D eigenvalue weighted by Crippen LogP contribution is -2.03. The Morgan fingerprint density at radius 2 is 2.11 bits per heavy atom. The minimum absolute atomic E-state index is 0.142. The summed E-state index contributed by atoms with van der Waals surface area (Å²) in [6.45, 7) is 1.80. The van der Waals surface area contributed by atoms with Gasteiger partial charge in [-0.3, -0.25) is 4.79 Å². The van der Waals surface area contributed by atoms with Crippen LogP contribution >= 0.6 is 0 Å². The molecule has 0 unspecified atom stereocenters. The number of rotatable bonds is 6. The van der Waals surface area contributed by atoms with E-state index in [1.54, 1.807) is 25.1 Å². The molecule has 5 heteroatoms. The second-order valence-corrected chi connectivity index (χ2v) is 3.65. The summed E-state index contributed by atoms with van der Waals surface area (Å²) < 4.78 is 10.5. The van der Waals surface area contributed by atoms with Crippen molar-refractivity contribution in [3.63, 3.8) is 0 Å². The smallest absolute Gasteiger partial charge is 0.328 e. The molecule has 0 heterocycles. The lowest BCUT2D eigenvalue weighted by molar-refractivity contribution is -0.131. The minimum Gasteiger partial charge on any atom is -0.493 e. The van der Waals surface area contributed by atoms with E-state index in [-0.39, 0.29) is 6.61 Å². The van der Waals surface area contributed by atoms with Crippen LogP contribution in [0, 0.1) is 0 Å². The molecule has 0 aliphatic rings. The Morgan fingerprint density at radius 1 is 1.39 bits per heavy atom. The number of carboxylic acids is 1. The summed E-state index contributed by atoms with van der Waals surface area (Å²) in [5.41, 5.74) is 1.06. The Labute approximate surface area is 105 Å². The van der Waals surface area contributed by atoms with Crippen molar-refractivity contribution in [2.24, 2.45) is 0 Å². The highest BCUT2D eigenvalue weighted by atomic mass is 16.5. The van der Waals surface area contributed by atoms with Crippen LogP contribution in [-0.2, 0) is 4.79 Å². The number of hydrogen-bond acceptors (Lipinski definition) is 4. The molecule has 1 N–H and O–H groups in total. The molecule has 0 bridgehead atoms. The van der Waals surface area contributed by atoms with Crippen LogP contribution in [0.15, 0.2) is 29.8 Å². The molecule has 18 heavy (non-hydrogen) atoms. The molecule has 0 amide bonds. The molecule has 0 saturated heterocycles.